The number of carbonyl (C=O) groups excluding carboxylic acids is 1. The van der Waals surface area contributed by atoms with Gasteiger partial charge >= 0.3 is 12.2 Å². The van der Waals surface area contributed by atoms with E-state index < -0.39 is 30.5 Å². The third-order valence-corrected chi connectivity index (χ3v) is 5.72. The summed E-state index contributed by atoms with van der Waals surface area (Å²) in [6, 6.07) is 4.49. The number of aliphatic hydroxyl groups is 2. The Balaban J connectivity index is 1.68. The first-order chi connectivity index (χ1) is 14.6. The number of hydrogen-bond acceptors (Lipinski definition) is 4. The molecule has 3 rings (SSSR count). The standard InChI is InChI=1S/C20H18BrClF3N3O3/c21-15-2-1-13(8-14(15)20(23,24)25)27-19(31)28-5-3-11(4-6-28)18-16(22)7-12(9-26-18)17(30)10-29/h1-3,7-9,17,29-30H,4-6,10H2,(H,27,31). The molecule has 1 atom stereocenters. The number of halogens is 5. The fraction of sp³-hybridized carbons (Fsp3) is 0.300. The number of aliphatic hydroxyl groups excluding tert-OH is 2. The monoisotopic (exact) mass is 519 g/mol. The zero-order valence-corrected chi connectivity index (χ0v) is 18.3. The second-order valence-electron chi connectivity index (χ2n) is 6.85. The van der Waals surface area contributed by atoms with Crippen molar-refractivity contribution < 1.29 is 28.2 Å². The van der Waals surface area contributed by atoms with E-state index in [0.29, 0.717) is 29.2 Å². The van der Waals surface area contributed by atoms with Crippen molar-refractivity contribution in [1.29, 1.82) is 0 Å². The fourth-order valence-electron chi connectivity index (χ4n) is 3.07. The Morgan fingerprint density at radius 3 is 2.68 bits per heavy atom. The van der Waals surface area contributed by atoms with Crippen molar-refractivity contribution in [3.05, 3.63) is 62.9 Å². The molecule has 2 amide bonds. The molecule has 2 heterocycles. The van der Waals surface area contributed by atoms with Gasteiger partial charge in [0.1, 0.15) is 6.10 Å². The van der Waals surface area contributed by atoms with Crippen LogP contribution in [-0.4, -0.2) is 45.8 Å². The number of rotatable bonds is 4. The van der Waals surface area contributed by atoms with E-state index in [2.05, 4.69) is 26.2 Å². The van der Waals surface area contributed by atoms with Gasteiger partial charge in [-0.25, -0.2) is 4.79 Å². The van der Waals surface area contributed by atoms with E-state index in [0.717, 1.165) is 11.6 Å². The largest absolute Gasteiger partial charge is 0.417 e. The molecule has 0 radical (unpaired) electrons. The Hall–Kier alpha value is -2.14. The number of amides is 2. The van der Waals surface area contributed by atoms with Gasteiger partial charge in [-0.15, -0.1) is 0 Å². The second kappa shape index (κ2) is 9.56. The van der Waals surface area contributed by atoms with E-state index in [1.165, 1.54) is 29.3 Å². The molecule has 3 N–H and O–H groups in total. The van der Waals surface area contributed by atoms with Crippen LogP contribution in [0.5, 0.6) is 0 Å². The van der Waals surface area contributed by atoms with Crippen LogP contribution in [0.15, 0.2) is 41.0 Å². The van der Waals surface area contributed by atoms with Crippen molar-refractivity contribution in [1.82, 2.24) is 9.88 Å². The number of urea groups is 1. The lowest BCUT2D eigenvalue weighted by Crippen LogP contribution is -2.38. The summed E-state index contributed by atoms with van der Waals surface area (Å²) in [5.74, 6) is 0. The van der Waals surface area contributed by atoms with Crippen molar-refractivity contribution in [3.63, 3.8) is 0 Å². The SMILES string of the molecule is O=C(Nc1ccc(Br)c(C(F)(F)F)c1)N1CC=C(c2ncc(C(O)CO)cc2Cl)CC1. The average Bonchev–Trinajstić information content (AvgIpc) is 2.73. The normalized spacial score (nSPS) is 15.5. The van der Waals surface area contributed by atoms with Crippen LogP contribution in [0.25, 0.3) is 5.57 Å². The van der Waals surface area contributed by atoms with Gasteiger partial charge in [-0.2, -0.15) is 13.2 Å². The van der Waals surface area contributed by atoms with Gasteiger partial charge in [0, 0.05) is 35.0 Å². The first-order valence-electron chi connectivity index (χ1n) is 9.16. The lowest BCUT2D eigenvalue weighted by molar-refractivity contribution is -0.138. The van der Waals surface area contributed by atoms with Crippen molar-refractivity contribution in [2.45, 2.75) is 18.7 Å². The van der Waals surface area contributed by atoms with E-state index in [1.54, 1.807) is 6.08 Å². The molecule has 1 aliphatic heterocycles. The highest BCUT2D eigenvalue weighted by Gasteiger charge is 2.33. The number of anilines is 1. The number of nitrogens with zero attached hydrogens (tertiary/aromatic N) is 2. The smallest absolute Gasteiger partial charge is 0.393 e. The van der Waals surface area contributed by atoms with Crippen molar-refractivity contribution in [2.24, 2.45) is 0 Å². The lowest BCUT2D eigenvalue weighted by atomic mass is 10.0. The zero-order chi connectivity index (χ0) is 22.8. The third-order valence-electron chi connectivity index (χ3n) is 4.74. The minimum Gasteiger partial charge on any atom is -0.393 e. The number of pyridine rings is 1. The van der Waals surface area contributed by atoms with Crippen LogP contribution in [0.4, 0.5) is 23.7 Å². The molecule has 11 heteroatoms. The quantitative estimate of drug-likeness (QED) is 0.537. The van der Waals surface area contributed by atoms with Gasteiger partial charge in [-0.05, 0) is 36.3 Å². The number of hydrogen-bond donors (Lipinski definition) is 3. The Kier molecular flexibility index (Phi) is 7.25. The van der Waals surface area contributed by atoms with Crippen LogP contribution >= 0.6 is 27.5 Å². The van der Waals surface area contributed by atoms with Crippen LogP contribution in [0.1, 0.15) is 29.3 Å². The molecule has 1 aromatic heterocycles. The summed E-state index contributed by atoms with van der Waals surface area (Å²) in [6.45, 7) is 0.0924. The van der Waals surface area contributed by atoms with Crippen molar-refractivity contribution in [3.8, 4) is 0 Å². The molecule has 1 aliphatic rings. The summed E-state index contributed by atoms with van der Waals surface area (Å²) in [7, 11) is 0. The number of aromatic nitrogens is 1. The van der Waals surface area contributed by atoms with Crippen LogP contribution < -0.4 is 5.32 Å². The van der Waals surface area contributed by atoms with Crippen LogP contribution in [0, 0.1) is 0 Å². The van der Waals surface area contributed by atoms with E-state index >= 15 is 0 Å². The molecule has 0 fully saturated rings. The first kappa shape index (κ1) is 23.5. The van der Waals surface area contributed by atoms with E-state index in [-0.39, 0.29) is 16.7 Å². The minimum atomic E-state index is -4.54. The first-order valence-corrected chi connectivity index (χ1v) is 10.3. The third kappa shape index (κ3) is 5.57. The number of benzene rings is 1. The summed E-state index contributed by atoms with van der Waals surface area (Å²) in [4.78, 5) is 18.2. The summed E-state index contributed by atoms with van der Waals surface area (Å²) in [5, 5.41) is 21.5. The molecule has 2 aromatic rings. The number of alkyl halides is 3. The van der Waals surface area contributed by atoms with E-state index in [9.17, 15) is 23.1 Å². The fourth-order valence-corrected chi connectivity index (χ4v) is 3.84. The van der Waals surface area contributed by atoms with Gasteiger partial charge in [0.2, 0.25) is 0 Å². The maximum atomic E-state index is 13.0. The Morgan fingerprint density at radius 2 is 2.10 bits per heavy atom. The number of nitrogens with one attached hydrogen (secondary N) is 1. The molecule has 0 saturated carbocycles. The predicted molar refractivity (Wildman–Crippen MR) is 114 cm³/mol. The van der Waals surface area contributed by atoms with E-state index in [1.807, 2.05) is 0 Å². The number of carbonyl (C=O) groups is 1. The molecular weight excluding hydrogens is 503 g/mol. The van der Waals surface area contributed by atoms with Gasteiger partial charge in [0.05, 0.1) is 22.9 Å². The summed E-state index contributed by atoms with van der Waals surface area (Å²) in [6.07, 6.45) is -1.99. The molecule has 0 spiro atoms. The maximum absolute atomic E-state index is 13.0. The molecular formula is C20H18BrClF3N3O3. The van der Waals surface area contributed by atoms with E-state index in [4.69, 9.17) is 16.7 Å². The van der Waals surface area contributed by atoms with Gasteiger partial charge in [0.25, 0.3) is 0 Å². The topological polar surface area (TPSA) is 85.7 Å². The van der Waals surface area contributed by atoms with Crippen molar-refractivity contribution in [2.75, 3.05) is 25.0 Å². The Bertz CT molecular complexity index is 1020. The van der Waals surface area contributed by atoms with Crippen LogP contribution in [0.2, 0.25) is 5.02 Å². The van der Waals surface area contributed by atoms with Crippen LogP contribution in [0.3, 0.4) is 0 Å². The molecule has 0 saturated heterocycles. The summed E-state index contributed by atoms with van der Waals surface area (Å²) >= 11 is 9.12. The summed E-state index contributed by atoms with van der Waals surface area (Å²) < 4.78 is 39.0. The Labute approximate surface area is 189 Å². The van der Waals surface area contributed by atoms with Gasteiger partial charge in [0.15, 0.2) is 0 Å². The minimum absolute atomic E-state index is 0.0399. The highest BCUT2D eigenvalue weighted by Crippen LogP contribution is 2.36. The molecule has 0 aliphatic carbocycles. The molecule has 6 nitrogen and oxygen atoms in total. The van der Waals surface area contributed by atoms with Gasteiger partial charge in [-0.3, -0.25) is 4.98 Å². The van der Waals surface area contributed by atoms with Gasteiger partial charge < -0.3 is 20.4 Å². The average molecular weight is 521 g/mol. The Morgan fingerprint density at radius 1 is 1.35 bits per heavy atom. The molecule has 31 heavy (non-hydrogen) atoms. The lowest BCUT2D eigenvalue weighted by Gasteiger charge is -2.27. The maximum Gasteiger partial charge on any atom is 0.417 e. The zero-order valence-electron chi connectivity index (χ0n) is 16.0. The molecule has 1 unspecified atom stereocenters. The summed E-state index contributed by atoms with van der Waals surface area (Å²) in [5.41, 5.74) is 0.876. The highest BCUT2D eigenvalue weighted by atomic mass is 79.9. The highest BCUT2D eigenvalue weighted by molar-refractivity contribution is 9.10. The van der Waals surface area contributed by atoms with Crippen molar-refractivity contribution >= 4 is 44.8 Å². The van der Waals surface area contributed by atoms with Crippen LogP contribution in [-0.2, 0) is 6.18 Å². The molecule has 1 aromatic carbocycles. The predicted octanol–water partition coefficient (Wildman–Crippen LogP) is 4.86. The molecule has 166 valence electrons. The molecule has 0 bridgehead atoms. The van der Waals surface area contributed by atoms with Gasteiger partial charge in [-0.1, -0.05) is 33.6 Å². The second-order valence-corrected chi connectivity index (χ2v) is 8.11.